The maximum absolute atomic E-state index is 12.7. The fourth-order valence-electron chi connectivity index (χ4n) is 4.33. The number of phenolic OH excluding ortho intramolecular Hbond substituents is 1. The third kappa shape index (κ3) is 4.30. The monoisotopic (exact) mass is 434 g/mol. The third-order valence-electron chi connectivity index (χ3n) is 6.82. The van der Waals surface area contributed by atoms with Crippen molar-refractivity contribution in [1.82, 2.24) is 14.7 Å². The first-order chi connectivity index (χ1) is 14.3. The predicted molar refractivity (Wildman–Crippen MR) is 118 cm³/mol. The molecular weight excluding hydrogens is 404 g/mol. The topological polar surface area (TPSA) is 79.3 Å². The molecule has 0 radical (unpaired) electrons. The first-order valence-corrected chi connectivity index (χ1v) is 11.0. The minimum atomic E-state index is -0.567. The second kappa shape index (κ2) is 8.38. The molecule has 0 bridgehead atoms. The molecule has 164 valence electrons. The molecule has 3 N–H and O–H groups in total. The van der Waals surface area contributed by atoms with Gasteiger partial charge in [0.15, 0.2) is 0 Å². The number of hydrogen-bond donors (Lipinski definition) is 3. The van der Waals surface area contributed by atoms with E-state index in [0.29, 0.717) is 29.8 Å². The molecule has 1 aromatic carbocycles. The van der Waals surface area contributed by atoms with Gasteiger partial charge >= 0.3 is 0 Å². The van der Waals surface area contributed by atoms with E-state index in [0.717, 1.165) is 44.6 Å². The number of anilines is 1. The molecule has 1 aromatic rings. The van der Waals surface area contributed by atoms with E-state index in [2.05, 4.69) is 23.7 Å². The van der Waals surface area contributed by atoms with E-state index in [1.807, 2.05) is 15.9 Å². The summed E-state index contributed by atoms with van der Waals surface area (Å²) in [7, 11) is 0. The molecule has 0 aromatic heterocycles. The van der Waals surface area contributed by atoms with Crippen LogP contribution in [0.15, 0.2) is 24.8 Å². The Kier molecular flexibility index (Phi) is 5.99. The molecule has 1 aliphatic carbocycles. The van der Waals surface area contributed by atoms with Crippen molar-refractivity contribution in [3.05, 3.63) is 35.4 Å². The van der Waals surface area contributed by atoms with Crippen molar-refractivity contribution in [3.8, 4) is 5.75 Å². The van der Waals surface area contributed by atoms with Crippen LogP contribution in [0, 0.1) is 0 Å². The number of halogens is 1. The summed E-state index contributed by atoms with van der Waals surface area (Å²) in [6.07, 6.45) is 3.16. The van der Waals surface area contributed by atoms with Gasteiger partial charge in [-0.2, -0.15) is 0 Å². The Bertz CT molecular complexity index is 815. The molecule has 8 heteroatoms. The maximum Gasteiger partial charge on any atom is 0.241 e. The van der Waals surface area contributed by atoms with Gasteiger partial charge in [0.05, 0.1) is 12.2 Å². The van der Waals surface area contributed by atoms with Crippen molar-refractivity contribution < 1.29 is 15.0 Å². The van der Waals surface area contributed by atoms with Gasteiger partial charge < -0.3 is 20.4 Å². The first-order valence-electron chi connectivity index (χ1n) is 10.6. The van der Waals surface area contributed by atoms with Crippen LogP contribution in [0.4, 0.5) is 5.69 Å². The van der Waals surface area contributed by atoms with Gasteiger partial charge in [-0.25, -0.2) is 0 Å². The summed E-state index contributed by atoms with van der Waals surface area (Å²) in [6.45, 7) is 10.7. The molecule has 3 fully saturated rings. The van der Waals surface area contributed by atoms with E-state index in [4.69, 9.17) is 11.6 Å². The number of phenols is 1. The van der Waals surface area contributed by atoms with Gasteiger partial charge in [0.25, 0.3) is 0 Å². The lowest BCUT2D eigenvalue weighted by Gasteiger charge is -2.49. The number of nitrogens with one attached hydrogen (secondary N) is 1. The molecule has 2 aliphatic heterocycles. The summed E-state index contributed by atoms with van der Waals surface area (Å²) in [4.78, 5) is 18.9. The van der Waals surface area contributed by atoms with E-state index in [-0.39, 0.29) is 23.6 Å². The van der Waals surface area contributed by atoms with Crippen molar-refractivity contribution in [2.24, 2.45) is 0 Å². The number of hydrogen-bond acceptors (Lipinski definition) is 6. The number of carbonyl (C=O) groups excluding carboxylic acids is 1. The highest BCUT2D eigenvalue weighted by molar-refractivity contribution is 6.31. The van der Waals surface area contributed by atoms with Crippen LogP contribution in [0.2, 0.25) is 5.02 Å². The third-order valence-corrected chi connectivity index (χ3v) is 7.14. The van der Waals surface area contributed by atoms with Crippen LogP contribution in [0.3, 0.4) is 0 Å². The minimum Gasteiger partial charge on any atom is -0.506 e. The predicted octanol–water partition coefficient (Wildman–Crippen LogP) is 1.84. The molecule has 1 saturated carbocycles. The number of likely N-dealkylation sites (tertiary alicyclic amines) is 1. The zero-order valence-corrected chi connectivity index (χ0v) is 18.2. The number of benzene rings is 1. The Labute approximate surface area is 182 Å². The number of rotatable bonds is 7. The Balaban J connectivity index is 1.26. The highest BCUT2D eigenvalue weighted by Gasteiger charge is 2.41. The van der Waals surface area contributed by atoms with E-state index >= 15 is 0 Å². The molecule has 0 spiro atoms. The van der Waals surface area contributed by atoms with Crippen molar-refractivity contribution in [3.63, 3.8) is 0 Å². The first kappa shape index (κ1) is 21.4. The highest BCUT2D eigenvalue weighted by Crippen LogP contribution is 2.51. The van der Waals surface area contributed by atoms with Gasteiger partial charge in [-0.1, -0.05) is 25.1 Å². The number of aromatic hydroxyl groups is 1. The maximum atomic E-state index is 12.7. The zero-order chi connectivity index (χ0) is 21.5. The number of aliphatic hydroxyl groups excluding tert-OH is 1. The number of amides is 1. The lowest BCUT2D eigenvalue weighted by Crippen LogP contribution is -2.65. The number of carbonyl (C=O) groups is 1. The van der Waals surface area contributed by atoms with Crippen LogP contribution in [0.1, 0.15) is 25.3 Å². The van der Waals surface area contributed by atoms with Crippen LogP contribution in [0.25, 0.3) is 0 Å². The quantitative estimate of drug-likeness (QED) is 0.449. The Morgan fingerprint density at radius 2 is 2.00 bits per heavy atom. The molecule has 2 saturated heterocycles. The SMILES string of the molecule is C=CC(O)N1CC(N2CCN(C(=O)CNc3cc(C4(C)CC4)c(Cl)cc3O)CC2)C1. The average molecular weight is 435 g/mol. The van der Waals surface area contributed by atoms with Crippen LogP contribution in [0.5, 0.6) is 5.75 Å². The second-order valence-electron chi connectivity index (χ2n) is 8.94. The van der Waals surface area contributed by atoms with Crippen molar-refractivity contribution >= 4 is 23.2 Å². The Hall–Kier alpha value is -1.80. The molecule has 2 heterocycles. The van der Waals surface area contributed by atoms with E-state index in [9.17, 15) is 15.0 Å². The Morgan fingerprint density at radius 1 is 1.33 bits per heavy atom. The minimum absolute atomic E-state index is 0.0282. The molecule has 3 aliphatic rings. The van der Waals surface area contributed by atoms with Crippen molar-refractivity contribution in [1.29, 1.82) is 0 Å². The molecule has 4 rings (SSSR count). The highest BCUT2D eigenvalue weighted by atomic mass is 35.5. The van der Waals surface area contributed by atoms with Gasteiger partial charge in [-0.3, -0.25) is 14.6 Å². The van der Waals surface area contributed by atoms with Crippen molar-refractivity contribution in [2.75, 3.05) is 51.1 Å². The molecule has 1 amide bonds. The molecule has 7 nitrogen and oxygen atoms in total. The van der Waals surface area contributed by atoms with Crippen molar-refractivity contribution in [2.45, 2.75) is 37.5 Å². The summed E-state index contributed by atoms with van der Waals surface area (Å²) < 4.78 is 0. The number of nitrogens with zero attached hydrogens (tertiary/aromatic N) is 3. The number of piperazine rings is 1. The van der Waals surface area contributed by atoms with Gasteiger partial charge in [-0.05, 0) is 36.0 Å². The summed E-state index contributed by atoms with van der Waals surface area (Å²) in [5.41, 5.74) is 1.67. The van der Waals surface area contributed by atoms with E-state index < -0.39 is 6.23 Å². The van der Waals surface area contributed by atoms with Crippen LogP contribution in [-0.2, 0) is 10.2 Å². The summed E-state index contributed by atoms with van der Waals surface area (Å²) in [5, 5.41) is 23.7. The van der Waals surface area contributed by atoms with Crippen LogP contribution < -0.4 is 5.32 Å². The fraction of sp³-hybridized carbons (Fsp3) is 0.591. The molecule has 30 heavy (non-hydrogen) atoms. The van der Waals surface area contributed by atoms with Gasteiger partial charge in [0, 0.05) is 56.4 Å². The summed E-state index contributed by atoms with van der Waals surface area (Å²) >= 11 is 6.31. The summed E-state index contributed by atoms with van der Waals surface area (Å²) in [6, 6.07) is 3.89. The van der Waals surface area contributed by atoms with E-state index in [1.54, 1.807) is 12.1 Å². The zero-order valence-electron chi connectivity index (χ0n) is 17.5. The van der Waals surface area contributed by atoms with Crippen LogP contribution >= 0.6 is 11.6 Å². The molecular formula is C22H31ClN4O3. The Morgan fingerprint density at radius 3 is 2.60 bits per heavy atom. The van der Waals surface area contributed by atoms with Gasteiger partial charge in [0.2, 0.25) is 5.91 Å². The largest absolute Gasteiger partial charge is 0.506 e. The lowest BCUT2D eigenvalue weighted by molar-refractivity contribution is -0.132. The fourth-order valence-corrected chi connectivity index (χ4v) is 4.71. The summed E-state index contributed by atoms with van der Waals surface area (Å²) in [5.74, 6) is 0.0994. The average Bonchev–Trinajstić information content (AvgIpc) is 3.44. The van der Waals surface area contributed by atoms with Gasteiger partial charge in [-0.15, -0.1) is 0 Å². The second-order valence-corrected chi connectivity index (χ2v) is 9.34. The van der Waals surface area contributed by atoms with Crippen LogP contribution in [-0.4, -0.2) is 88.9 Å². The smallest absolute Gasteiger partial charge is 0.241 e. The molecule has 1 unspecified atom stereocenters. The van der Waals surface area contributed by atoms with E-state index in [1.165, 1.54) is 0 Å². The van der Waals surface area contributed by atoms with Gasteiger partial charge in [0.1, 0.15) is 12.0 Å². The number of aliphatic hydroxyl groups is 1. The standard InChI is InChI=1S/C22H31ClN4O3/c1-3-20(29)27-13-15(14-27)25-6-8-26(9-7-25)21(30)12-24-18-10-16(22(2)4-5-22)17(23)11-19(18)28/h3,10-11,15,20,24,28-29H,1,4-9,12-14H2,2H3. The molecule has 1 atom stereocenters. The lowest BCUT2D eigenvalue weighted by atomic mass is 9.97. The normalized spacial score (nSPS) is 23.0.